The van der Waals surface area contributed by atoms with Crippen molar-refractivity contribution in [2.45, 2.75) is 40.8 Å². The molecule has 0 aliphatic rings. The molecule has 2 aromatic heterocycles. The molecular weight excluding hydrogens is 344 g/mol. The van der Waals surface area contributed by atoms with Gasteiger partial charge in [0.2, 0.25) is 0 Å². The highest BCUT2D eigenvalue weighted by molar-refractivity contribution is 7.80. The number of hydrogen-bond donors (Lipinski definition) is 2. The van der Waals surface area contributed by atoms with E-state index >= 15 is 0 Å². The van der Waals surface area contributed by atoms with Crippen LogP contribution in [0.2, 0.25) is 0 Å². The molecule has 0 radical (unpaired) electrons. The zero-order valence-corrected chi connectivity index (χ0v) is 16.4. The van der Waals surface area contributed by atoms with Gasteiger partial charge in [0.25, 0.3) is 0 Å². The summed E-state index contributed by atoms with van der Waals surface area (Å²) in [7, 11) is 0. The summed E-state index contributed by atoms with van der Waals surface area (Å²) in [4.78, 5) is 0. The number of aromatic nitrogens is 4. The fraction of sp³-hybridized carbons (Fsp3) is 0.316. The van der Waals surface area contributed by atoms with Crippen LogP contribution in [-0.4, -0.2) is 24.7 Å². The third-order valence-electron chi connectivity index (χ3n) is 4.37. The third-order valence-corrected chi connectivity index (χ3v) is 4.57. The largest absolute Gasteiger partial charge is 0.332 e. The van der Waals surface area contributed by atoms with E-state index in [0.717, 1.165) is 29.0 Å². The predicted molar refractivity (Wildman–Crippen MR) is 110 cm³/mol. The van der Waals surface area contributed by atoms with Crippen LogP contribution in [0.4, 0.5) is 11.4 Å². The Morgan fingerprint density at radius 2 is 1.92 bits per heavy atom. The average Bonchev–Trinajstić information content (AvgIpc) is 3.18. The van der Waals surface area contributed by atoms with Crippen molar-refractivity contribution >= 4 is 28.7 Å². The van der Waals surface area contributed by atoms with Crippen LogP contribution < -0.4 is 10.6 Å². The van der Waals surface area contributed by atoms with E-state index in [2.05, 4.69) is 66.7 Å². The van der Waals surface area contributed by atoms with Gasteiger partial charge in [-0.1, -0.05) is 12.1 Å². The summed E-state index contributed by atoms with van der Waals surface area (Å²) in [5, 5.41) is 15.8. The van der Waals surface area contributed by atoms with Crippen molar-refractivity contribution in [2.75, 3.05) is 10.6 Å². The minimum Gasteiger partial charge on any atom is -0.332 e. The molecule has 0 fully saturated rings. The van der Waals surface area contributed by atoms with Crippen LogP contribution in [0.15, 0.2) is 36.8 Å². The zero-order chi connectivity index (χ0) is 18.7. The number of anilines is 2. The topological polar surface area (TPSA) is 59.7 Å². The monoisotopic (exact) mass is 368 g/mol. The van der Waals surface area contributed by atoms with Crippen molar-refractivity contribution in [1.82, 2.24) is 19.6 Å². The maximum absolute atomic E-state index is 5.43. The van der Waals surface area contributed by atoms with Crippen LogP contribution in [-0.2, 0) is 13.1 Å². The Balaban J connectivity index is 1.63. The van der Waals surface area contributed by atoms with Crippen molar-refractivity contribution in [3.63, 3.8) is 0 Å². The molecule has 2 heterocycles. The molecule has 6 nitrogen and oxygen atoms in total. The number of thiocarbonyl (C=S) groups is 1. The number of benzene rings is 1. The van der Waals surface area contributed by atoms with E-state index in [0.29, 0.717) is 11.7 Å². The Morgan fingerprint density at radius 3 is 2.65 bits per heavy atom. The molecule has 136 valence electrons. The molecule has 0 saturated carbocycles. The van der Waals surface area contributed by atoms with Gasteiger partial charge < -0.3 is 10.6 Å². The Bertz CT molecular complexity index is 924. The Labute approximate surface area is 159 Å². The van der Waals surface area contributed by atoms with E-state index < -0.39 is 0 Å². The van der Waals surface area contributed by atoms with Gasteiger partial charge >= 0.3 is 0 Å². The first-order valence-electron chi connectivity index (χ1n) is 8.65. The van der Waals surface area contributed by atoms with Crippen LogP contribution in [0.25, 0.3) is 0 Å². The molecule has 0 aliphatic carbocycles. The van der Waals surface area contributed by atoms with E-state index in [1.54, 1.807) is 6.20 Å². The second-order valence-electron chi connectivity index (χ2n) is 6.40. The lowest BCUT2D eigenvalue weighted by Crippen LogP contribution is -2.19. The Morgan fingerprint density at radius 1 is 1.12 bits per heavy atom. The molecular formula is C19H24N6S. The highest BCUT2D eigenvalue weighted by Crippen LogP contribution is 2.17. The molecule has 1 aromatic carbocycles. The molecule has 0 aliphatic heterocycles. The highest BCUT2D eigenvalue weighted by atomic mass is 32.1. The molecule has 0 spiro atoms. The van der Waals surface area contributed by atoms with Crippen molar-refractivity contribution in [3.8, 4) is 0 Å². The summed E-state index contributed by atoms with van der Waals surface area (Å²) in [5.74, 6) is 0. The minimum absolute atomic E-state index is 0.549. The van der Waals surface area contributed by atoms with Crippen LogP contribution in [0.5, 0.6) is 0 Å². The predicted octanol–water partition coefficient (Wildman–Crippen LogP) is 3.88. The molecule has 3 rings (SSSR count). The van der Waals surface area contributed by atoms with E-state index in [-0.39, 0.29) is 0 Å². The minimum atomic E-state index is 0.549. The van der Waals surface area contributed by atoms with Gasteiger partial charge in [-0.05, 0) is 57.1 Å². The smallest absolute Gasteiger partial charge is 0.175 e. The average molecular weight is 369 g/mol. The molecule has 0 saturated heterocycles. The second-order valence-corrected chi connectivity index (χ2v) is 6.80. The number of hydrogen-bond acceptors (Lipinski definition) is 3. The third kappa shape index (κ3) is 4.11. The number of nitrogens with one attached hydrogen (secondary N) is 2. The van der Waals surface area contributed by atoms with Crippen molar-refractivity contribution in [3.05, 3.63) is 59.2 Å². The fourth-order valence-electron chi connectivity index (χ4n) is 2.80. The summed E-state index contributed by atoms with van der Waals surface area (Å²) in [6.07, 6.45) is 5.62. The number of aryl methyl sites for hydroxylation is 3. The van der Waals surface area contributed by atoms with Gasteiger partial charge in [-0.25, -0.2) is 0 Å². The number of nitrogens with zero attached hydrogens (tertiary/aromatic N) is 4. The summed E-state index contributed by atoms with van der Waals surface area (Å²) in [5.41, 5.74) is 6.55. The van der Waals surface area contributed by atoms with Gasteiger partial charge in [0, 0.05) is 29.7 Å². The summed E-state index contributed by atoms with van der Waals surface area (Å²) in [6.45, 7) is 9.84. The van der Waals surface area contributed by atoms with Crippen LogP contribution in [0, 0.1) is 20.8 Å². The standard InChI is InChI=1S/C19H24N6S/c1-5-25-15(4)16(9-21-25)11-24-12-17(10-20-24)22-19(26)23-18-8-13(2)6-7-14(18)3/h6-10,12H,5,11H2,1-4H3,(H2,22,23,26). The number of rotatable bonds is 5. The molecule has 7 heteroatoms. The maximum atomic E-state index is 5.43. The lowest BCUT2D eigenvalue weighted by atomic mass is 10.1. The van der Waals surface area contributed by atoms with E-state index in [1.165, 1.54) is 11.3 Å². The molecule has 2 N–H and O–H groups in total. The first-order chi connectivity index (χ1) is 12.5. The van der Waals surface area contributed by atoms with Gasteiger partial charge in [-0.2, -0.15) is 10.2 Å². The molecule has 0 amide bonds. The first-order valence-corrected chi connectivity index (χ1v) is 9.06. The Kier molecular flexibility index (Phi) is 5.37. The maximum Gasteiger partial charge on any atom is 0.175 e. The Hall–Kier alpha value is -2.67. The lowest BCUT2D eigenvalue weighted by molar-refractivity contribution is 0.633. The first kappa shape index (κ1) is 18.1. The summed E-state index contributed by atoms with van der Waals surface area (Å²) in [6, 6.07) is 6.25. The molecule has 0 atom stereocenters. The lowest BCUT2D eigenvalue weighted by Gasteiger charge is -2.12. The zero-order valence-electron chi connectivity index (χ0n) is 15.6. The van der Waals surface area contributed by atoms with Crippen molar-refractivity contribution in [2.24, 2.45) is 0 Å². The molecule has 3 aromatic rings. The van der Waals surface area contributed by atoms with Gasteiger partial charge in [-0.15, -0.1) is 0 Å². The summed E-state index contributed by atoms with van der Waals surface area (Å²) >= 11 is 5.43. The van der Waals surface area contributed by atoms with Crippen molar-refractivity contribution in [1.29, 1.82) is 0 Å². The van der Waals surface area contributed by atoms with E-state index in [1.807, 2.05) is 21.8 Å². The van der Waals surface area contributed by atoms with Crippen LogP contribution in [0.3, 0.4) is 0 Å². The summed E-state index contributed by atoms with van der Waals surface area (Å²) < 4.78 is 3.87. The molecule has 0 unspecified atom stereocenters. The quantitative estimate of drug-likeness (QED) is 0.669. The second kappa shape index (κ2) is 7.70. The molecule has 26 heavy (non-hydrogen) atoms. The normalized spacial score (nSPS) is 10.8. The van der Waals surface area contributed by atoms with Gasteiger partial charge in [0.05, 0.1) is 24.6 Å². The van der Waals surface area contributed by atoms with Gasteiger partial charge in [-0.3, -0.25) is 9.36 Å². The highest BCUT2D eigenvalue weighted by Gasteiger charge is 2.08. The fourth-order valence-corrected chi connectivity index (χ4v) is 3.03. The van der Waals surface area contributed by atoms with E-state index in [9.17, 15) is 0 Å². The van der Waals surface area contributed by atoms with Gasteiger partial charge in [0.1, 0.15) is 0 Å². The van der Waals surface area contributed by atoms with E-state index in [4.69, 9.17) is 12.2 Å². The van der Waals surface area contributed by atoms with Crippen molar-refractivity contribution < 1.29 is 0 Å². The SMILES string of the molecule is CCn1ncc(Cn2cc(NC(=S)Nc3cc(C)ccc3C)cn2)c1C. The van der Waals surface area contributed by atoms with Gasteiger partial charge in [0.15, 0.2) is 5.11 Å². The van der Waals surface area contributed by atoms with Crippen LogP contribution in [0.1, 0.15) is 29.3 Å². The molecule has 0 bridgehead atoms. The van der Waals surface area contributed by atoms with Crippen LogP contribution >= 0.6 is 12.2 Å².